The van der Waals surface area contributed by atoms with Crippen molar-refractivity contribution in [3.05, 3.63) is 53.1 Å². The molecule has 0 aliphatic carbocycles. The predicted molar refractivity (Wildman–Crippen MR) is 95.0 cm³/mol. The molecule has 25 heavy (non-hydrogen) atoms. The van der Waals surface area contributed by atoms with Gasteiger partial charge in [-0.25, -0.2) is 14.4 Å². The molecular formula is C19H23FN4O. The number of hydrogen-bond donors (Lipinski definition) is 1. The second-order valence-corrected chi connectivity index (χ2v) is 6.40. The van der Waals surface area contributed by atoms with Crippen LogP contribution in [0.4, 0.5) is 10.3 Å². The molecular weight excluding hydrogens is 319 g/mol. The van der Waals surface area contributed by atoms with Gasteiger partial charge in [-0.05, 0) is 43.5 Å². The van der Waals surface area contributed by atoms with E-state index in [1.807, 2.05) is 6.92 Å². The van der Waals surface area contributed by atoms with Crippen LogP contribution in [0.2, 0.25) is 0 Å². The number of amides is 1. The minimum atomic E-state index is -0.288. The highest BCUT2D eigenvalue weighted by atomic mass is 19.1. The van der Waals surface area contributed by atoms with E-state index in [4.69, 9.17) is 0 Å². The molecule has 3 rings (SSSR count). The molecule has 0 radical (unpaired) electrons. The van der Waals surface area contributed by atoms with Gasteiger partial charge < -0.3 is 10.2 Å². The van der Waals surface area contributed by atoms with Crippen LogP contribution in [-0.2, 0) is 6.54 Å². The van der Waals surface area contributed by atoms with E-state index in [1.54, 1.807) is 18.2 Å². The number of aromatic nitrogens is 2. The molecule has 1 aromatic carbocycles. The van der Waals surface area contributed by atoms with E-state index in [9.17, 15) is 9.18 Å². The van der Waals surface area contributed by atoms with Crippen molar-refractivity contribution < 1.29 is 9.18 Å². The molecule has 0 atom stereocenters. The second-order valence-electron chi connectivity index (χ2n) is 6.40. The fraction of sp³-hybridized carbons (Fsp3) is 0.421. The summed E-state index contributed by atoms with van der Waals surface area (Å²) in [7, 11) is 0. The zero-order valence-corrected chi connectivity index (χ0v) is 14.5. The van der Waals surface area contributed by atoms with Crippen molar-refractivity contribution in [1.29, 1.82) is 0 Å². The van der Waals surface area contributed by atoms with Crippen molar-refractivity contribution in [3.63, 3.8) is 0 Å². The van der Waals surface area contributed by atoms with E-state index in [0.29, 0.717) is 18.2 Å². The van der Waals surface area contributed by atoms with Crippen molar-refractivity contribution >= 4 is 11.9 Å². The van der Waals surface area contributed by atoms with Gasteiger partial charge in [0.2, 0.25) is 5.95 Å². The first-order chi connectivity index (χ1) is 12.1. The Morgan fingerprint density at radius 1 is 1.12 bits per heavy atom. The molecule has 1 saturated heterocycles. The Bertz CT molecular complexity index is 725. The van der Waals surface area contributed by atoms with Gasteiger partial charge in [-0.1, -0.05) is 25.0 Å². The summed E-state index contributed by atoms with van der Waals surface area (Å²) in [6.45, 7) is 4.07. The second kappa shape index (κ2) is 8.05. The highest BCUT2D eigenvalue weighted by Gasteiger charge is 2.16. The summed E-state index contributed by atoms with van der Waals surface area (Å²) in [6.07, 6.45) is 4.72. The molecule has 1 aliphatic heterocycles. The van der Waals surface area contributed by atoms with E-state index >= 15 is 0 Å². The number of carbonyl (C=O) groups is 1. The number of anilines is 1. The Kier molecular flexibility index (Phi) is 5.58. The molecule has 0 bridgehead atoms. The smallest absolute Gasteiger partial charge is 0.270 e. The van der Waals surface area contributed by atoms with Gasteiger partial charge in [0.25, 0.3) is 5.91 Å². The lowest BCUT2D eigenvalue weighted by Crippen LogP contribution is -2.29. The highest BCUT2D eigenvalue weighted by Crippen LogP contribution is 2.16. The lowest BCUT2D eigenvalue weighted by atomic mass is 10.2. The normalized spacial score (nSPS) is 14.9. The third kappa shape index (κ3) is 4.75. The molecule has 0 spiro atoms. The van der Waals surface area contributed by atoms with Crippen molar-refractivity contribution in [1.82, 2.24) is 15.3 Å². The monoisotopic (exact) mass is 342 g/mol. The van der Waals surface area contributed by atoms with E-state index < -0.39 is 0 Å². The molecule has 1 fully saturated rings. The first-order valence-electron chi connectivity index (χ1n) is 8.75. The summed E-state index contributed by atoms with van der Waals surface area (Å²) in [5, 5.41) is 2.83. The molecule has 1 N–H and O–H groups in total. The Morgan fingerprint density at radius 3 is 2.48 bits per heavy atom. The number of nitrogens with zero attached hydrogens (tertiary/aromatic N) is 3. The molecule has 1 aromatic heterocycles. The van der Waals surface area contributed by atoms with Gasteiger partial charge in [0.05, 0.1) is 0 Å². The summed E-state index contributed by atoms with van der Waals surface area (Å²) in [5.74, 6) is 0.100. The first kappa shape index (κ1) is 17.3. The maximum atomic E-state index is 12.9. The minimum absolute atomic E-state index is 0.245. The van der Waals surface area contributed by atoms with Gasteiger partial charge in [-0.15, -0.1) is 0 Å². The topological polar surface area (TPSA) is 58.1 Å². The van der Waals surface area contributed by atoms with Crippen molar-refractivity contribution in [2.75, 3.05) is 18.0 Å². The average molecular weight is 342 g/mol. The van der Waals surface area contributed by atoms with E-state index in [-0.39, 0.29) is 11.7 Å². The fourth-order valence-corrected chi connectivity index (χ4v) is 2.96. The average Bonchev–Trinajstić information content (AvgIpc) is 2.90. The van der Waals surface area contributed by atoms with Gasteiger partial charge in [0.1, 0.15) is 11.5 Å². The van der Waals surface area contributed by atoms with E-state index in [0.717, 1.165) is 37.2 Å². The quantitative estimate of drug-likeness (QED) is 0.927. The van der Waals surface area contributed by atoms with Crippen LogP contribution in [-0.4, -0.2) is 29.0 Å². The summed E-state index contributed by atoms with van der Waals surface area (Å²) in [5.41, 5.74) is 1.99. The number of hydrogen-bond acceptors (Lipinski definition) is 4. The summed E-state index contributed by atoms with van der Waals surface area (Å²) in [4.78, 5) is 23.6. The van der Waals surface area contributed by atoms with E-state index in [2.05, 4.69) is 20.2 Å². The standard InChI is InChI=1S/C19H23FN4O/c1-14-12-17(18(25)21-13-15-6-8-16(20)9-7-15)23-19(22-14)24-10-4-2-3-5-11-24/h6-9,12H,2-5,10-11,13H2,1H3,(H,21,25). The van der Waals surface area contributed by atoms with Crippen LogP contribution in [0.5, 0.6) is 0 Å². The van der Waals surface area contributed by atoms with Crippen LogP contribution in [0.25, 0.3) is 0 Å². The van der Waals surface area contributed by atoms with Crippen LogP contribution in [0, 0.1) is 12.7 Å². The number of carbonyl (C=O) groups excluding carboxylic acids is 1. The van der Waals surface area contributed by atoms with Gasteiger partial charge in [-0.2, -0.15) is 0 Å². The van der Waals surface area contributed by atoms with Crippen LogP contribution >= 0.6 is 0 Å². The number of aryl methyl sites for hydroxylation is 1. The maximum absolute atomic E-state index is 12.9. The number of halogens is 1. The molecule has 5 nitrogen and oxygen atoms in total. The van der Waals surface area contributed by atoms with Crippen LogP contribution in [0.1, 0.15) is 47.4 Å². The van der Waals surface area contributed by atoms with Gasteiger partial charge in [-0.3, -0.25) is 4.79 Å². The van der Waals surface area contributed by atoms with Gasteiger partial charge in [0.15, 0.2) is 0 Å². The summed E-state index contributed by atoms with van der Waals surface area (Å²) in [6, 6.07) is 7.77. The third-order valence-electron chi connectivity index (χ3n) is 4.33. The third-order valence-corrected chi connectivity index (χ3v) is 4.33. The Balaban J connectivity index is 1.70. The first-order valence-corrected chi connectivity index (χ1v) is 8.75. The Morgan fingerprint density at radius 2 is 1.80 bits per heavy atom. The molecule has 1 amide bonds. The molecule has 6 heteroatoms. The van der Waals surface area contributed by atoms with Crippen LogP contribution in [0.15, 0.2) is 30.3 Å². The van der Waals surface area contributed by atoms with Gasteiger partial charge in [0, 0.05) is 25.3 Å². The summed E-state index contributed by atoms with van der Waals surface area (Å²) >= 11 is 0. The zero-order valence-electron chi connectivity index (χ0n) is 14.5. The maximum Gasteiger partial charge on any atom is 0.270 e. The van der Waals surface area contributed by atoms with Crippen molar-refractivity contribution in [2.24, 2.45) is 0 Å². The van der Waals surface area contributed by atoms with E-state index in [1.165, 1.54) is 25.0 Å². The largest absolute Gasteiger partial charge is 0.347 e. The number of benzene rings is 1. The lowest BCUT2D eigenvalue weighted by Gasteiger charge is -2.21. The zero-order chi connectivity index (χ0) is 17.6. The Hall–Kier alpha value is -2.50. The predicted octanol–water partition coefficient (Wildman–Crippen LogP) is 3.23. The molecule has 0 saturated carbocycles. The summed E-state index contributed by atoms with van der Waals surface area (Å²) < 4.78 is 12.9. The van der Waals surface area contributed by atoms with Crippen LogP contribution < -0.4 is 10.2 Å². The molecule has 2 aromatic rings. The molecule has 0 unspecified atom stereocenters. The van der Waals surface area contributed by atoms with Crippen molar-refractivity contribution in [3.8, 4) is 0 Å². The number of rotatable bonds is 4. The van der Waals surface area contributed by atoms with Crippen LogP contribution in [0.3, 0.4) is 0 Å². The minimum Gasteiger partial charge on any atom is -0.347 e. The SMILES string of the molecule is Cc1cc(C(=O)NCc2ccc(F)cc2)nc(N2CCCCCC2)n1. The molecule has 132 valence electrons. The lowest BCUT2D eigenvalue weighted by molar-refractivity contribution is 0.0945. The van der Waals surface area contributed by atoms with Crippen molar-refractivity contribution in [2.45, 2.75) is 39.2 Å². The fourth-order valence-electron chi connectivity index (χ4n) is 2.96. The highest BCUT2D eigenvalue weighted by molar-refractivity contribution is 5.92. The molecule has 1 aliphatic rings. The Labute approximate surface area is 147 Å². The molecule has 2 heterocycles. The van der Waals surface area contributed by atoms with Gasteiger partial charge >= 0.3 is 0 Å². The number of nitrogens with one attached hydrogen (secondary N) is 1.